The first-order valence-corrected chi connectivity index (χ1v) is 10.4. The topological polar surface area (TPSA) is 107 Å². The number of nitrogens with one attached hydrogen (secondary N) is 1. The van der Waals surface area contributed by atoms with E-state index in [4.69, 9.17) is 17.3 Å². The van der Waals surface area contributed by atoms with Gasteiger partial charge in [-0.15, -0.1) is 0 Å². The molecule has 8 nitrogen and oxygen atoms in total. The molecular weight excluding hydrogens is 424 g/mol. The summed E-state index contributed by atoms with van der Waals surface area (Å²) in [5.74, 6) is 1.25. The number of hydrogen-bond acceptors (Lipinski definition) is 7. The molecule has 0 saturated heterocycles. The smallest absolute Gasteiger partial charge is 0.225 e. The number of nitrogens with two attached hydrogens (primary N) is 1. The zero-order chi connectivity index (χ0) is 22.1. The fraction of sp³-hybridized carbons (Fsp3) is 0.0870. The van der Waals surface area contributed by atoms with Crippen LogP contribution < -0.4 is 11.1 Å². The summed E-state index contributed by atoms with van der Waals surface area (Å²) in [5, 5.41) is 3.58. The number of fused-ring (bicyclic) bond motifs is 1. The lowest BCUT2D eigenvalue weighted by molar-refractivity contribution is 0.854. The minimum Gasteiger partial charge on any atom is -0.394 e. The summed E-state index contributed by atoms with van der Waals surface area (Å²) < 4.78 is 1.91. The molecule has 0 fully saturated rings. The van der Waals surface area contributed by atoms with Crippen molar-refractivity contribution in [3.63, 3.8) is 0 Å². The Morgan fingerprint density at radius 1 is 1.00 bits per heavy atom. The van der Waals surface area contributed by atoms with Crippen LogP contribution in [0.3, 0.4) is 0 Å². The third-order valence-electron chi connectivity index (χ3n) is 5.19. The standard InChI is InChI=1S/C23H19ClN8/c1-14(15-5-3-2-4-6-15)30-23-26-10-9-19(31-23)32-13-29-17-11-16(7-8-18(17)32)21-20(25)22(24)28-12-27-21/h2-14H,25H2,1H3,(H,26,30,31). The molecule has 0 saturated carbocycles. The minimum absolute atomic E-state index is 0.0682. The lowest BCUT2D eigenvalue weighted by Gasteiger charge is -2.14. The minimum atomic E-state index is 0.0682. The van der Waals surface area contributed by atoms with Gasteiger partial charge in [-0.3, -0.25) is 4.57 Å². The molecule has 0 aliphatic carbocycles. The summed E-state index contributed by atoms with van der Waals surface area (Å²) >= 11 is 6.04. The third-order valence-corrected chi connectivity index (χ3v) is 5.49. The maximum absolute atomic E-state index is 6.05. The number of imidazole rings is 1. The number of rotatable bonds is 5. The van der Waals surface area contributed by atoms with Crippen molar-refractivity contribution in [2.45, 2.75) is 13.0 Å². The number of benzene rings is 2. The zero-order valence-electron chi connectivity index (χ0n) is 17.1. The molecule has 158 valence electrons. The van der Waals surface area contributed by atoms with Crippen LogP contribution in [-0.2, 0) is 0 Å². The molecule has 5 rings (SSSR count). The van der Waals surface area contributed by atoms with Gasteiger partial charge in [0, 0.05) is 11.8 Å². The van der Waals surface area contributed by atoms with E-state index in [0.29, 0.717) is 23.1 Å². The predicted molar refractivity (Wildman–Crippen MR) is 126 cm³/mol. The van der Waals surface area contributed by atoms with E-state index in [1.54, 1.807) is 12.5 Å². The van der Waals surface area contributed by atoms with Gasteiger partial charge < -0.3 is 11.1 Å². The largest absolute Gasteiger partial charge is 0.394 e. The van der Waals surface area contributed by atoms with Crippen LogP contribution in [0.15, 0.2) is 73.4 Å². The lowest BCUT2D eigenvalue weighted by Crippen LogP contribution is -2.10. The fourth-order valence-electron chi connectivity index (χ4n) is 3.52. The number of nitrogens with zero attached hydrogens (tertiary/aromatic N) is 6. The first kappa shape index (κ1) is 19.9. The van der Waals surface area contributed by atoms with Gasteiger partial charge in [0.15, 0.2) is 5.15 Å². The number of hydrogen-bond donors (Lipinski definition) is 2. The molecule has 3 aromatic heterocycles. The molecule has 32 heavy (non-hydrogen) atoms. The SMILES string of the molecule is CC(Nc1nccc(-n2cnc3cc(-c4ncnc(Cl)c4N)ccc32)n1)c1ccccc1. The van der Waals surface area contributed by atoms with E-state index in [1.807, 2.05) is 47.0 Å². The van der Waals surface area contributed by atoms with Gasteiger partial charge in [-0.2, -0.15) is 4.98 Å². The molecule has 5 aromatic rings. The van der Waals surface area contributed by atoms with E-state index in [0.717, 1.165) is 22.2 Å². The molecule has 0 aliphatic rings. The second-order valence-electron chi connectivity index (χ2n) is 7.26. The maximum atomic E-state index is 6.05. The molecule has 3 N–H and O–H groups in total. The van der Waals surface area contributed by atoms with Gasteiger partial charge in [0.2, 0.25) is 5.95 Å². The van der Waals surface area contributed by atoms with Crippen molar-refractivity contribution in [1.82, 2.24) is 29.5 Å². The monoisotopic (exact) mass is 442 g/mol. The summed E-state index contributed by atoms with van der Waals surface area (Å²) in [6.07, 6.45) is 4.85. The van der Waals surface area contributed by atoms with Crippen molar-refractivity contribution >= 4 is 34.3 Å². The Morgan fingerprint density at radius 2 is 1.84 bits per heavy atom. The Balaban J connectivity index is 1.46. The molecule has 9 heteroatoms. The van der Waals surface area contributed by atoms with Crippen molar-refractivity contribution in [3.8, 4) is 17.1 Å². The maximum Gasteiger partial charge on any atom is 0.225 e. The summed E-state index contributed by atoms with van der Waals surface area (Å²) in [7, 11) is 0. The number of aromatic nitrogens is 6. The van der Waals surface area contributed by atoms with Gasteiger partial charge in [-0.25, -0.2) is 19.9 Å². The van der Waals surface area contributed by atoms with Gasteiger partial charge in [-0.05, 0) is 30.7 Å². The zero-order valence-corrected chi connectivity index (χ0v) is 17.9. The van der Waals surface area contributed by atoms with Crippen LogP contribution in [0.25, 0.3) is 28.1 Å². The van der Waals surface area contributed by atoms with E-state index in [1.165, 1.54) is 6.33 Å². The molecule has 1 unspecified atom stereocenters. The van der Waals surface area contributed by atoms with Crippen LogP contribution >= 0.6 is 11.6 Å². The molecular formula is C23H19ClN8. The fourth-order valence-corrected chi connectivity index (χ4v) is 3.65. The molecule has 0 radical (unpaired) electrons. The van der Waals surface area contributed by atoms with Crippen molar-refractivity contribution in [2.75, 3.05) is 11.1 Å². The lowest BCUT2D eigenvalue weighted by atomic mass is 10.1. The average molecular weight is 443 g/mol. The van der Waals surface area contributed by atoms with Crippen LogP contribution in [-0.4, -0.2) is 29.5 Å². The number of nitrogen functional groups attached to an aromatic ring is 1. The van der Waals surface area contributed by atoms with Gasteiger partial charge in [0.25, 0.3) is 0 Å². The van der Waals surface area contributed by atoms with E-state index >= 15 is 0 Å². The third kappa shape index (κ3) is 3.72. The van der Waals surface area contributed by atoms with Crippen molar-refractivity contribution in [3.05, 3.63) is 84.2 Å². The van der Waals surface area contributed by atoms with Crippen LogP contribution in [0, 0.1) is 0 Å². The Labute approximate surface area is 189 Å². The molecule has 0 amide bonds. The summed E-state index contributed by atoms with van der Waals surface area (Å²) in [4.78, 5) is 21.8. The molecule has 3 heterocycles. The van der Waals surface area contributed by atoms with Gasteiger partial charge in [0.05, 0.1) is 28.5 Å². The second kappa shape index (κ2) is 8.24. The van der Waals surface area contributed by atoms with Crippen molar-refractivity contribution < 1.29 is 0 Å². The Hall–Kier alpha value is -4.04. The highest BCUT2D eigenvalue weighted by Gasteiger charge is 2.13. The van der Waals surface area contributed by atoms with Crippen LogP contribution in [0.4, 0.5) is 11.6 Å². The quantitative estimate of drug-likeness (QED) is 0.380. The Kier molecular flexibility index (Phi) is 5.12. The van der Waals surface area contributed by atoms with Gasteiger partial charge in [0.1, 0.15) is 18.5 Å². The second-order valence-corrected chi connectivity index (χ2v) is 7.62. The summed E-state index contributed by atoms with van der Waals surface area (Å²) in [6, 6.07) is 17.9. The van der Waals surface area contributed by atoms with E-state index in [9.17, 15) is 0 Å². The molecule has 0 bridgehead atoms. The van der Waals surface area contributed by atoms with E-state index < -0.39 is 0 Å². The highest BCUT2D eigenvalue weighted by atomic mass is 35.5. The summed E-state index contributed by atoms with van der Waals surface area (Å²) in [6.45, 7) is 2.07. The average Bonchev–Trinajstić information content (AvgIpc) is 3.25. The molecule has 1 atom stereocenters. The van der Waals surface area contributed by atoms with Gasteiger partial charge >= 0.3 is 0 Å². The highest BCUT2D eigenvalue weighted by molar-refractivity contribution is 6.32. The number of anilines is 2. The van der Waals surface area contributed by atoms with E-state index in [-0.39, 0.29) is 11.2 Å². The predicted octanol–water partition coefficient (Wildman–Crippen LogP) is 4.68. The van der Waals surface area contributed by atoms with Crippen molar-refractivity contribution in [2.24, 2.45) is 0 Å². The molecule has 0 spiro atoms. The first-order valence-electron chi connectivity index (χ1n) is 9.98. The first-order chi connectivity index (χ1) is 15.6. The Morgan fingerprint density at radius 3 is 2.69 bits per heavy atom. The normalized spacial score (nSPS) is 12.1. The van der Waals surface area contributed by atoms with E-state index in [2.05, 4.69) is 49.3 Å². The Bertz CT molecular complexity index is 1400. The highest BCUT2D eigenvalue weighted by Crippen LogP contribution is 2.30. The van der Waals surface area contributed by atoms with Crippen LogP contribution in [0.2, 0.25) is 5.15 Å². The summed E-state index contributed by atoms with van der Waals surface area (Å²) in [5.41, 5.74) is 10.6. The molecule has 2 aromatic carbocycles. The number of halogens is 1. The van der Waals surface area contributed by atoms with Crippen LogP contribution in [0.5, 0.6) is 0 Å². The molecule has 0 aliphatic heterocycles. The van der Waals surface area contributed by atoms with Crippen LogP contribution in [0.1, 0.15) is 18.5 Å². The van der Waals surface area contributed by atoms with Gasteiger partial charge in [-0.1, -0.05) is 48.0 Å². The van der Waals surface area contributed by atoms with Crippen molar-refractivity contribution in [1.29, 1.82) is 0 Å².